The molecule has 0 spiro atoms. The Labute approximate surface area is 73.9 Å². The highest BCUT2D eigenvalue weighted by atomic mass is 35.5. The van der Waals surface area contributed by atoms with Crippen molar-refractivity contribution in [3.05, 3.63) is 21.8 Å². The SMILES string of the molecule is CC1=C(C)C(C)(C)C(Cl)=C1C. The Bertz CT molecular complexity index is 228. The fourth-order valence-corrected chi connectivity index (χ4v) is 1.83. The van der Waals surface area contributed by atoms with E-state index in [0.717, 1.165) is 5.03 Å². The fraction of sp³-hybridized carbons (Fsp3) is 0.600. The minimum atomic E-state index is 0.0791. The number of hydrogen-bond donors (Lipinski definition) is 0. The molecule has 0 fully saturated rings. The van der Waals surface area contributed by atoms with Crippen LogP contribution in [-0.2, 0) is 0 Å². The van der Waals surface area contributed by atoms with Crippen LogP contribution in [0.1, 0.15) is 34.6 Å². The summed E-state index contributed by atoms with van der Waals surface area (Å²) in [6.07, 6.45) is 0. The van der Waals surface area contributed by atoms with Crippen LogP contribution >= 0.6 is 11.6 Å². The van der Waals surface area contributed by atoms with Crippen LogP contribution in [0.15, 0.2) is 21.8 Å². The molecule has 0 aliphatic heterocycles. The minimum absolute atomic E-state index is 0.0791. The Kier molecular flexibility index (Phi) is 1.92. The van der Waals surface area contributed by atoms with E-state index < -0.39 is 0 Å². The highest BCUT2D eigenvalue weighted by Crippen LogP contribution is 2.47. The van der Waals surface area contributed by atoms with Crippen molar-refractivity contribution in [2.45, 2.75) is 34.6 Å². The first-order valence-electron chi connectivity index (χ1n) is 3.94. The number of halogens is 1. The highest BCUT2D eigenvalue weighted by Gasteiger charge is 2.32. The molecule has 0 amide bonds. The summed E-state index contributed by atoms with van der Waals surface area (Å²) < 4.78 is 0. The molecule has 11 heavy (non-hydrogen) atoms. The topological polar surface area (TPSA) is 0 Å². The lowest BCUT2D eigenvalue weighted by atomic mass is 9.87. The van der Waals surface area contributed by atoms with Gasteiger partial charge >= 0.3 is 0 Å². The highest BCUT2D eigenvalue weighted by molar-refractivity contribution is 6.31. The molecular formula is C10H15Cl. The predicted octanol–water partition coefficient (Wildman–Crippen LogP) is 3.88. The number of hydrogen-bond acceptors (Lipinski definition) is 0. The van der Waals surface area contributed by atoms with Crippen molar-refractivity contribution < 1.29 is 0 Å². The molecule has 1 aliphatic rings. The molecule has 0 aromatic rings. The Morgan fingerprint density at radius 1 is 1.00 bits per heavy atom. The van der Waals surface area contributed by atoms with Crippen LogP contribution in [-0.4, -0.2) is 0 Å². The summed E-state index contributed by atoms with van der Waals surface area (Å²) in [6.45, 7) is 10.7. The van der Waals surface area contributed by atoms with Gasteiger partial charge in [-0.15, -0.1) is 0 Å². The van der Waals surface area contributed by atoms with Crippen LogP contribution in [0.3, 0.4) is 0 Å². The van der Waals surface area contributed by atoms with Crippen LogP contribution in [0.25, 0.3) is 0 Å². The van der Waals surface area contributed by atoms with Crippen molar-refractivity contribution in [3.63, 3.8) is 0 Å². The van der Waals surface area contributed by atoms with Crippen molar-refractivity contribution in [1.82, 2.24) is 0 Å². The van der Waals surface area contributed by atoms with Crippen molar-refractivity contribution in [2.75, 3.05) is 0 Å². The Morgan fingerprint density at radius 2 is 1.45 bits per heavy atom. The summed E-state index contributed by atoms with van der Waals surface area (Å²) >= 11 is 6.18. The van der Waals surface area contributed by atoms with Gasteiger partial charge in [-0.1, -0.05) is 31.0 Å². The van der Waals surface area contributed by atoms with E-state index in [0.29, 0.717) is 0 Å². The summed E-state index contributed by atoms with van der Waals surface area (Å²) in [5.41, 5.74) is 4.10. The van der Waals surface area contributed by atoms with E-state index in [4.69, 9.17) is 11.6 Å². The Morgan fingerprint density at radius 3 is 1.55 bits per heavy atom. The quantitative estimate of drug-likeness (QED) is 0.518. The van der Waals surface area contributed by atoms with Gasteiger partial charge in [-0.05, 0) is 31.9 Å². The molecule has 0 atom stereocenters. The second-order valence-corrected chi connectivity index (χ2v) is 4.19. The summed E-state index contributed by atoms with van der Waals surface area (Å²) in [6, 6.07) is 0. The average Bonchev–Trinajstić information content (AvgIpc) is 2.06. The van der Waals surface area contributed by atoms with Crippen molar-refractivity contribution >= 4 is 11.6 Å². The van der Waals surface area contributed by atoms with Crippen LogP contribution in [0.4, 0.5) is 0 Å². The van der Waals surface area contributed by atoms with E-state index in [2.05, 4.69) is 34.6 Å². The zero-order valence-corrected chi connectivity index (χ0v) is 8.63. The number of rotatable bonds is 0. The van der Waals surface area contributed by atoms with E-state index in [1.54, 1.807) is 0 Å². The Hall–Kier alpha value is -0.230. The van der Waals surface area contributed by atoms with E-state index in [1.165, 1.54) is 16.7 Å². The van der Waals surface area contributed by atoms with Crippen molar-refractivity contribution in [1.29, 1.82) is 0 Å². The average molecular weight is 171 g/mol. The monoisotopic (exact) mass is 170 g/mol. The van der Waals surface area contributed by atoms with Gasteiger partial charge in [0.15, 0.2) is 0 Å². The molecule has 0 nitrogen and oxygen atoms in total. The van der Waals surface area contributed by atoms with Gasteiger partial charge in [-0.25, -0.2) is 0 Å². The third-order valence-corrected chi connectivity index (χ3v) is 3.70. The summed E-state index contributed by atoms with van der Waals surface area (Å²) in [7, 11) is 0. The molecule has 0 aromatic heterocycles. The molecule has 0 saturated heterocycles. The number of allylic oxidation sites excluding steroid dienone is 4. The van der Waals surface area contributed by atoms with Gasteiger partial charge in [0.2, 0.25) is 0 Å². The van der Waals surface area contributed by atoms with Crippen LogP contribution < -0.4 is 0 Å². The molecule has 62 valence electrons. The zero-order chi connectivity index (χ0) is 8.81. The van der Waals surface area contributed by atoms with E-state index in [-0.39, 0.29) is 5.41 Å². The first-order chi connectivity index (χ1) is 4.89. The van der Waals surface area contributed by atoms with E-state index >= 15 is 0 Å². The van der Waals surface area contributed by atoms with Crippen LogP contribution in [0, 0.1) is 5.41 Å². The molecule has 1 rings (SSSR count). The third-order valence-electron chi connectivity index (χ3n) is 2.94. The summed E-state index contributed by atoms with van der Waals surface area (Å²) in [5, 5.41) is 1.01. The lowest BCUT2D eigenvalue weighted by Gasteiger charge is -2.20. The second-order valence-electron chi connectivity index (χ2n) is 3.81. The van der Waals surface area contributed by atoms with E-state index in [1.807, 2.05) is 0 Å². The molecule has 0 aromatic carbocycles. The van der Waals surface area contributed by atoms with Gasteiger partial charge in [0.25, 0.3) is 0 Å². The van der Waals surface area contributed by atoms with Gasteiger partial charge in [-0.2, -0.15) is 0 Å². The molecule has 1 heteroatoms. The van der Waals surface area contributed by atoms with Gasteiger partial charge in [-0.3, -0.25) is 0 Å². The fourth-order valence-electron chi connectivity index (χ4n) is 1.55. The first-order valence-corrected chi connectivity index (χ1v) is 4.32. The smallest absolute Gasteiger partial charge is 0.0309 e. The minimum Gasteiger partial charge on any atom is -0.0879 e. The lowest BCUT2D eigenvalue weighted by Crippen LogP contribution is -2.09. The molecule has 1 aliphatic carbocycles. The van der Waals surface area contributed by atoms with Crippen molar-refractivity contribution in [3.8, 4) is 0 Å². The van der Waals surface area contributed by atoms with Crippen molar-refractivity contribution in [2.24, 2.45) is 5.41 Å². The molecule has 0 unspecified atom stereocenters. The van der Waals surface area contributed by atoms with Gasteiger partial charge in [0.05, 0.1) is 0 Å². The zero-order valence-electron chi connectivity index (χ0n) is 7.88. The lowest BCUT2D eigenvalue weighted by molar-refractivity contribution is 0.574. The summed E-state index contributed by atoms with van der Waals surface area (Å²) in [5.74, 6) is 0. The van der Waals surface area contributed by atoms with Crippen LogP contribution in [0.2, 0.25) is 0 Å². The molecule has 0 N–H and O–H groups in total. The molecule has 0 heterocycles. The Balaban J connectivity index is 3.27. The molecule has 0 saturated carbocycles. The van der Waals surface area contributed by atoms with Gasteiger partial charge < -0.3 is 0 Å². The first kappa shape index (κ1) is 8.86. The largest absolute Gasteiger partial charge is 0.0879 e. The maximum Gasteiger partial charge on any atom is 0.0309 e. The maximum absolute atomic E-state index is 6.18. The summed E-state index contributed by atoms with van der Waals surface area (Å²) in [4.78, 5) is 0. The van der Waals surface area contributed by atoms with Crippen LogP contribution in [0.5, 0.6) is 0 Å². The van der Waals surface area contributed by atoms with Gasteiger partial charge in [0, 0.05) is 10.4 Å². The van der Waals surface area contributed by atoms with E-state index in [9.17, 15) is 0 Å². The third kappa shape index (κ3) is 1.04. The second kappa shape index (κ2) is 2.38. The predicted molar refractivity (Wildman–Crippen MR) is 50.7 cm³/mol. The van der Waals surface area contributed by atoms with Gasteiger partial charge in [0.1, 0.15) is 0 Å². The molecule has 0 bridgehead atoms. The maximum atomic E-state index is 6.18. The normalized spacial score (nSPS) is 23.5. The standard InChI is InChI=1S/C10H15Cl/c1-6-7(2)9(11)10(4,5)8(6)3/h1-5H3. The molecule has 0 radical (unpaired) electrons. The molecular weight excluding hydrogens is 156 g/mol.